The fourth-order valence-electron chi connectivity index (χ4n) is 3.25. The van der Waals surface area contributed by atoms with E-state index < -0.39 is 0 Å². The Balaban J connectivity index is 1.38. The summed E-state index contributed by atoms with van der Waals surface area (Å²) >= 11 is 1.63. The van der Waals surface area contributed by atoms with E-state index in [1.54, 1.807) is 24.5 Å². The van der Waals surface area contributed by atoms with Gasteiger partial charge in [0.2, 0.25) is 5.88 Å². The first-order valence-electron chi connectivity index (χ1n) is 9.71. The van der Waals surface area contributed by atoms with E-state index in [9.17, 15) is 4.79 Å². The van der Waals surface area contributed by atoms with Gasteiger partial charge in [0.25, 0.3) is 5.56 Å². The molecule has 0 bridgehead atoms. The number of hydrogen-bond donors (Lipinski definition) is 1. The highest BCUT2D eigenvalue weighted by Crippen LogP contribution is 2.46. The second-order valence-corrected chi connectivity index (χ2v) is 8.89. The maximum absolute atomic E-state index is 12.4. The van der Waals surface area contributed by atoms with Crippen molar-refractivity contribution in [2.75, 3.05) is 11.9 Å². The van der Waals surface area contributed by atoms with E-state index in [1.807, 2.05) is 27.0 Å². The molecule has 0 aromatic carbocycles. The monoisotopic (exact) mass is 411 g/mol. The van der Waals surface area contributed by atoms with Crippen molar-refractivity contribution in [3.63, 3.8) is 0 Å². The molecule has 2 unspecified atom stereocenters. The van der Waals surface area contributed by atoms with Crippen molar-refractivity contribution in [2.45, 2.75) is 39.7 Å². The van der Waals surface area contributed by atoms with Crippen LogP contribution in [-0.2, 0) is 13.6 Å². The van der Waals surface area contributed by atoms with Crippen LogP contribution in [0.15, 0.2) is 29.2 Å². The quantitative estimate of drug-likeness (QED) is 0.642. The number of nitrogens with one attached hydrogen (secondary N) is 1. The minimum absolute atomic E-state index is 0.185. The molecule has 3 aromatic rings. The van der Waals surface area contributed by atoms with Crippen LogP contribution in [0.4, 0.5) is 5.69 Å². The van der Waals surface area contributed by atoms with E-state index in [0.717, 1.165) is 22.8 Å². The van der Waals surface area contributed by atoms with Gasteiger partial charge in [0.15, 0.2) is 0 Å². The number of thiazole rings is 1. The number of aromatic nitrogens is 4. The van der Waals surface area contributed by atoms with Gasteiger partial charge in [0, 0.05) is 41.7 Å². The molecule has 0 spiro atoms. The Morgan fingerprint density at radius 3 is 2.83 bits per heavy atom. The van der Waals surface area contributed by atoms with Gasteiger partial charge in [-0.2, -0.15) is 0 Å². The fourth-order valence-corrected chi connectivity index (χ4v) is 4.12. The van der Waals surface area contributed by atoms with Gasteiger partial charge in [-0.25, -0.2) is 9.67 Å². The zero-order chi connectivity index (χ0) is 20.5. The summed E-state index contributed by atoms with van der Waals surface area (Å²) in [6.45, 7) is 7.14. The van der Waals surface area contributed by atoms with Crippen LogP contribution >= 0.6 is 11.3 Å². The first kappa shape index (κ1) is 19.6. The summed E-state index contributed by atoms with van der Waals surface area (Å²) in [6, 6.07) is 5.86. The minimum Gasteiger partial charge on any atom is -0.476 e. The van der Waals surface area contributed by atoms with E-state index in [4.69, 9.17) is 4.74 Å². The van der Waals surface area contributed by atoms with Crippen molar-refractivity contribution in [1.82, 2.24) is 19.7 Å². The van der Waals surface area contributed by atoms with Gasteiger partial charge in [-0.05, 0) is 38.8 Å². The highest BCUT2D eigenvalue weighted by molar-refractivity contribution is 7.11. The third kappa shape index (κ3) is 4.48. The van der Waals surface area contributed by atoms with E-state index in [-0.39, 0.29) is 5.56 Å². The van der Waals surface area contributed by atoms with Crippen molar-refractivity contribution < 1.29 is 4.74 Å². The highest BCUT2D eigenvalue weighted by Gasteiger charge is 2.40. The third-order valence-corrected chi connectivity index (χ3v) is 6.30. The molecule has 0 saturated heterocycles. The topological polar surface area (TPSA) is 81.9 Å². The maximum Gasteiger partial charge on any atom is 0.290 e. The Morgan fingerprint density at radius 1 is 1.31 bits per heavy atom. The summed E-state index contributed by atoms with van der Waals surface area (Å²) in [5.74, 6) is 1.32. The van der Waals surface area contributed by atoms with Crippen LogP contribution in [0, 0.1) is 26.7 Å². The molecule has 0 radical (unpaired) electrons. The summed E-state index contributed by atoms with van der Waals surface area (Å²) in [4.78, 5) is 22.6. The molecule has 7 nitrogen and oxygen atoms in total. The Morgan fingerprint density at radius 2 is 2.14 bits per heavy atom. The SMILES string of the molecule is Cc1ccc(C2CC2COc2cc(NCc3nc(C)c(C)s3)c(=O)n(C)n2)nc1. The number of rotatable bonds is 7. The summed E-state index contributed by atoms with van der Waals surface area (Å²) in [5, 5.41) is 8.36. The van der Waals surface area contributed by atoms with Gasteiger partial charge in [-0.3, -0.25) is 9.78 Å². The lowest BCUT2D eigenvalue weighted by Gasteiger charge is -2.10. The smallest absolute Gasteiger partial charge is 0.290 e. The molecule has 0 aliphatic heterocycles. The molecule has 8 heteroatoms. The Kier molecular flexibility index (Phi) is 5.36. The fraction of sp³-hybridized carbons (Fsp3) is 0.429. The number of hydrogen-bond acceptors (Lipinski definition) is 7. The lowest BCUT2D eigenvalue weighted by molar-refractivity contribution is 0.278. The van der Waals surface area contributed by atoms with Gasteiger partial charge in [0.05, 0.1) is 18.8 Å². The molecule has 1 saturated carbocycles. The van der Waals surface area contributed by atoms with Crippen molar-refractivity contribution >= 4 is 17.0 Å². The maximum atomic E-state index is 12.4. The van der Waals surface area contributed by atoms with Gasteiger partial charge in [0.1, 0.15) is 10.7 Å². The Bertz CT molecular complexity index is 1050. The average molecular weight is 412 g/mol. The summed E-state index contributed by atoms with van der Waals surface area (Å²) in [5.41, 5.74) is 3.60. The van der Waals surface area contributed by atoms with Crippen LogP contribution in [-0.4, -0.2) is 26.4 Å². The highest BCUT2D eigenvalue weighted by atomic mass is 32.1. The minimum atomic E-state index is -0.185. The summed E-state index contributed by atoms with van der Waals surface area (Å²) in [7, 11) is 1.63. The van der Waals surface area contributed by atoms with Crippen LogP contribution in [0.5, 0.6) is 5.88 Å². The molecule has 29 heavy (non-hydrogen) atoms. The Hall–Kier alpha value is -2.74. The van der Waals surface area contributed by atoms with Gasteiger partial charge < -0.3 is 10.1 Å². The molecule has 1 N–H and O–H groups in total. The van der Waals surface area contributed by atoms with Crippen LogP contribution in [0.3, 0.4) is 0 Å². The predicted molar refractivity (Wildman–Crippen MR) is 114 cm³/mol. The molecule has 4 rings (SSSR count). The largest absolute Gasteiger partial charge is 0.476 e. The van der Waals surface area contributed by atoms with Crippen molar-refractivity contribution in [2.24, 2.45) is 13.0 Å². The van der Waals surface area contributed by atoms with Gasteiger partial charge in [-0.1, -0.05) is 6.07 Å². The standard InChI is InChI=1S/C21H25N5O2S/c1-12-5-6-17(22-9-12)16-7-15(16)11-28-19-8-18(21(27)26(4)25-19)23-10-20-24-13(2)14(3)29-20/h5-6,8-9,15-16,23H,7,10-11H2,1-4H3. The first-order chi connectivity index (χ1) is 13.9. The molecule has 1 fully saturated rings. The third-order valence-electron chi connectivity index (χ3n) is 5.23. The van der Waals surface area contributed by atoms with E-state index in [2.05, 4.69) is 32.5 Å². The lowest BCUT2D eigenvalue weighted by atomic mass is 10.2. The molecule has 1 aliphatic rings. The van der Waals surface area contributed by atoms with Crippen molar-refractivity contribution in [3.8, 4) is 5.88 Å². The van der Waals surface area contributed by atoms with Crippen LogP contribution in [0.1, 0.15) is 39.2 Å². The second kappa shape index (κ2) is 7.94. The van der Waals surface area contributed by atoms with Gasteiger partial charge in [-0.15, -0.1) is 16.4 Å². The van der Waals surface area contributed by atoms with Crippen LogP contribution in [0.2, 0.25) is 0 Å². The van der Waals surface area contributed by atoms with Gasteiger partial charge >= 0.3 is 0 Å². The summed E-state index contributed by atoms with van der Waals surface area (Å²) in [6.07, 6.45) is 2.97. The number of nitrogens with zero attached hydrogens (tertiary/aromatic N) is 4. The van der Waals surface area contributed by atoms with E-state index in [0.29, 0.717) is 36.6 Å². The second-order valence-electron chi connectivity index (χ2n) is 7.60. The zero-order valence-corrected chi connectivity index (χ0v) is 17.9. The molecule has 0 amide bonds. The molecular formula is C21H25N5O2S. The molecule has 1 aliphatic carbocycles. The Labute approximate surface area is 173 Å². The number of ether oxygens (including phenoxy) is 1. The van der Waals surface area contributed by atoms with Crippen molar-refractivity contribution in [1.29, 1.82) is 0 Å². The first-order valence-corrected chi connectivity index (χ1v) is 10.5. The van der Waals surface area contributed by atoms with Crippen LogP contribution < -0.4 is 15.6 Å². The van der Waals surface area contributed by atoms with Crippen molar-refractivity contribution in [3.05, 3.63) is 61.6 Å². The molecule has 3 heterocycles. The molecule has 152 valence electrons. The molecule has 2 atom stereocenters. The van der Waals surface area contributed by atoms with E-state index in [1.165, 1.54) is 15.1 Å². The number of aryl methyl sites for hydroxylation is 4. The normalized spacial score (nSPS) is 17.9. The molecule has 3 aromatic heterocycles. The van der Waals surface area contributed by atoms with Crippen LogP contribution in [0.25, 0.3) is 0 Å². The zero-order valence-electron chi connectivity index (χ0n) is 17.1. The summed E-state index contributed by atoms with van der Waals surface area (Å²) < 4.78 is 7.21. The number of pyridine rings is 1. The lowest BCUT2D eigenvalue weighted by Crippen LogP contribution is -2.24. The van der Waals surface area contributed by atoms with E-state index >= 15 is 0 Å². The predicted octanol–water partition coefficient (Wildman–Crippen LogP) is 3.35. The molecular weight excluding hydrogens is 386 g/mol. The number of anilines is 1. The average Bonchev–Trinajstić information content (AvgIpc) is 3.40.